The molecular weight excluding hydrogens is 226 g/mol. The minimum Gasteiger partial charge on any atom is -0.483 e. The Morgan fingerprint density at radius 2 is 1.61 bits per heavy atom. The molecule has 90 valence electrons. The SMILES string of the molecule is N[C@H]1C(=O)c2ccccc2O[C@H]1c1ccccc1. The van der Waals surface area contributed by atoms with Crippen molar-refractivity contribution in [3.05, 3.63) is 65.7 Å². The largest absolute Gasteiger partial charge is 0.483 e. The van der Waals surface area contributed by atoms with E-state index in [-0.39, 0.29) is 5.78 Å². The first-order chi connectivity index (χ1) is 8.77. The van der Waals surface area contributed by atoms with Crippen molar-refractivity contribution < 1.29 is 9.53 Å². The van der Waals surface area contributed by atoms with E-state index in [0.29, 0.717) is 11.3 Å². The van der Waals surface area contributed by atoms with Crippen molar-refractivity contribution in [2.24, 2.45) is 5.73 Å². The van der Waals surface area contributed by atoms with E-state index in [1.165, 1.54) is 0 Å². The fourth-order valence-electron chi connectivity index (χ4n) is 2.22. The van der Waals surface area contributed by atoms with Gasteiger partial charge in [-0.25, -0.2) is 0 Å². The summed E-state index contributed by atoms with van der Waals surface area (Å²) in [4.78, 5) is 12.2. The second-order valence-corrected chi connectivity index (χ2v) is 4.34. The molecule has 0 bridgehead atoms. The number of nitrogens with two attached hydrogens (primary N) is 1. The lowest BCUT2D eigenvalue weighted by Gasteiger charge is -2.30. The van der Waals surface area contributed by atoms with Crippen LogP contribution in [-0.2, 0) is 0 Å². The molecule has 1 aliphatic heterocycles. The van der Waals surface area contributed by atoms with Crippen LogP contribution in [0.3, 0.4) is 0 Å². The smallest absolute Gasteiger partial charge is 0.187 e. The number of ether oxygens (including phenoxy) is 1. The Kier molecular flexibility index (Phi) is 2.61. The van der Waals surface area contributed by atoms with E-state index in [4.69, 9.17) is 10.5 Å². The van der Waals surface area contributed by atoms with Crippen molar-refractivity contribution in [1.82, 2.24) is 0 Å². The summed E-state index contributed by atoms with van der Waals surface area (Å²) in [7, 11) is 0. The third kappa shape index (κ3) is 1.69. The highest BCUT2D eigenvalue weighted by molar-refractivity contribution is 6.03. The molecule has 2 atom stereocenters. The Morgan fingerprint density at radius 1 is 0.944 bits per heavy atom. The van der Waals surface area contributed by atoms with Crippen LogP contribution in [0, 0.1) is 0 Å². The molecule has 0 saturated heterocycles. The predicted molar refractivity (Wildman–Crippen MR) is 68.6 cm³/mol. The third-order valence-electron chi connectivity index (χ3n) is 3.16. The Labute approximate surface area is 105 Å². The third-order valence-corrected chi connectivity index (χ3v) is 3.16. The molecule has 2 N–H and O–H groups in total. The molecule has 1 heterocycles. The van der Waals surface area contributed by atoms with Gasteiger partial charge >= 0.3 is 0 Å². The number of benzene rings is 2. The number of hydrogen-bond acceptors (Lipinski definition) is 3. The van der Waals surface area contributed by atoms with Gasteiger partial charge in [0.15, 0.2) is 5.78 Å². The monoisotopic (exact) mass is 239 g/mol. The van der Waals surface area contributed by atoms with E-state index in [0.717, 1.165) is 5.56 Å². The van der Waals surface area contributed by atoms with Crippen molar-refractivity contribution >= 4 is 5.78 Å². The first-order valence-corrected chi connectivity index (χ1v) is 5.88. The van der Waals surface area contributed by atoms with Crippen LogP contribution in [0.1, 0.15) is 22.0 Å². The summed E-state index contributed by atoms with van der Waals surface area (Å²) in [6, 6.07) is 16.2. The van der Waals surface area contributed by atoms with Crippen LogP contribution < -0.4 is 10.5 Å². The van der Waals surface area contributed by atoms with Crippen molar-refractivity contribution in [3.63, 3.8) is 0 Å². The molecule has 0 aliphatic carbocycles. The van der Waals surface area contributed by atoms with Gasteiger partial charge in [-0.2, -0.15) is 0 Å². The standard InChI is InChI=1S/C15H13NO2/c16-13-14(17)11-8-4-5-9-12(11)18-15(13)10-6-2-1-3-7-10/h1-9,13,15H,16H2/t13-,15-/m0/s1. The minimum atomic E-state index is -0.651. The normalized spacial score (nSPS) is 22.2. The summed E-state index contributed by atoms with van der Waals surface area (Å²) < 4.78 is 5.85. The van der Waals surface area contributed by atoms with Gasteiger partial charge in [-0.15, -0.1) is 0 Å². The van der Waals surface area contributed by atoms with Crippen LogP contribution >= 0.6 is 0 Å². The lowest BCUT2D eigenvalue weighted by molar-refractivity contribution is 0.0789. The molecule has 1 aliphatic rings. The molecule has 0 spiro atoms. The van der Waals surface area contributed by atoms with Crippen LogP contribution in [-0.4, -0.2) is 11.8 Å². The molecule has 0 saturated carbocycles. The maximum absolute atomic E-state index is 12.2. The van der Waals surface area contributed by atoms with Crippen LogP contribution in [0.2, 0.25) is 0 Å². The summed E-state index contributed by atoms with van der Waals surface area (Å²) >= 11 is 0. The van der Waals surface area contributed by atoms with Crippen molar-refractivity contribution in [2.45, 2.75) is 12.1 Å². The van der Waals surface area contributed by atoms with Gasteiger partial charge in [0.25, 0.3) is 0 Å². The molecule has 0 amide bonds. The fourth-order valence-corrected chi connectivity index (χ4v) is 2.22. The molecule has 0 fully saturated rings. The summed E-state index contributed by atoms with van der Waals surface area (Å²) in [6.07, 6.45) is -0.409. The molecule has 2 aromatic carbocycles. The molecule has 0 radical (unpaired) electrons. The number of carbonyl (C=O) groups is 1. The number of fused-ring (bicyclic) bond motifs is 1. The highest BCUT2D eigenvalue weighted by Gasteiger charge is 2.35. The maximum atomic E-state index is 12.2. The van der Waals surface area contributed by atoms with E-state index in [1.807, 2.05) is 42.5 Å². The summed E-state index contributed by atoms with van der Waals surface area (Å²) in [5.41, 5.74) is 7.49. The van der Waals surface area contributed by atoms with E-state index in [1.54, 1.807) is 12.1 Å². The van der Waals surface area contributed by atoms with E-state index in [9.17, 15) is 4.79 Å². The summed E-state index contributed by atoms with van der Waals surface area (Å²) in [6.45, 7) is 0. The lowest BCUT2D eigenvalue weighted by atomic mass is 9.92. The molecule has 3 nitrogen and oxygen atoms in total. The van der Waals surface area contributed by atoms with Crippen molar-refractivity contribution in [1.29, 1.82) is 0 Å². The van der Waals surface area contributed by atoms with Gasteiger partial charge in [0, 0.05) is 0 Å². The Bertz CT molecular complexity index is 580. The average Bonchev–Trinajstić information content (AvgIpc) is 2.44. The van der Waals surface area contributed by atoms with Gasteiger partial charge in [-0.1, -0.05) is 42.5 Å². The van der Waals surface area contributed by atoms with Crippen LogP contribution in [0.15, 0.2) is 54.6 Å². The van der Waals surface area contributed by atoms with Crippen LogP contribution in [0.25, 0.3) is 0 Å². The summed E-state index contributed by atoms with van der Waals surface area (Å²) in [5, 5.41) is 0. The second kappa shape index (κ2) is 4.27. The number of hydrogen-bond donors (Lipinski definition) is 1. The van der Waals surface area contributed by atoms with Crippen molar-refractivity contribution in [2.75, 3.05) is 0 Å². The van der Waals surface area contributed by atoms with Gasteiger partial charge < -0.3 is 10.5 Å². The van der Waals surface area contributed by atoms with Gasteiger partial charge in [0.05, 0.1) is 5.56 Å². The topological polar surface area (TPSA) is 52.3 Å². The Morgan fingerprint density at radius 3 is 2.39 bits per heavy atom. The number of carbonyl (C=O) groups excluding carboxylic acids is 1. The highest BCUT2D eigenvalue weighted by Crippen LogP contribution is 2.33. The van der Waals surface area contributed by atoms with Gasteiger partial charge in [0.1, 0.15) is 17.9 Å². The zero-order valence-electron chi connectivity index (χ0n) is 9.74. The minimum absolute atomic E-state index is 0.0642. The van der Waals surface area contributed by atoms with Crippen LogP contribution in [0.5, 0.6) is 5.75 Å². The molecule has 0 unspecified atom stereocenters. The average molecular weight is 239 g/mol. The number of ketones is 1. The Hall–Kier alpha value is -2.13. The van der Waals surface area contributed by atoms with Crippen LogP contribution in [0.4, 0.5) is 0 Å². The highest BCUT2D eigenvalue weighted by atomic mass is 16.5. The van der Waals surface area contributed by atoms with E-state index in [2.05, 4.69) is 0 Å². The number of rotatable bonds is 1. The van der Waals surface area contributed by atoms with Gasteiger partial charge in [-0.3, -0.25) is 4.79 Å². The van der Waals surface area contributed by atoms with Crippen molar-refractivity contribution in [3.8, 4) is 5.75 Å². The Balaban J connectivity index is 2.04. The van der Waals surface area contributed by atoms with E-state index >= 15 is 0 Å². The maximum Gasteiger partial charge on any atom is 0.187 e. The van der Waals surface area contributed by atoms with E-state index < -0.39 is 12.1 Å². The molecular formula is C15H13NO2. The quantitative estimate of drug-likeness (QED) is 0.831. The zero-order chi connectivity index (χ0) is 12.5. The second-order valence-electron chi connectivity index (χ2n) is 4.34. The lowest BCUT2D eigenvalue weighted by Crippen LogP contribution is -2.42. The molecule has 0 aromatic heterocycles. The number of Topliss-reactive ketones (excluding diaryl/α,β-unsaturated/α-hetero) is 1. The fraction of sp³-hybridized carbons (Fsp3) is 0.133. The zero-order valence-corrected chi connectivity index (χ0v) is 9.74. The first kappa shape index (κ1) is 11.0. The molecule has 18 heavy (non-hydrogen) atoms. The molecule has 3 rings (SSSR count). The summed E-state index contributed by atoms with van der Waals surface area (Å²) in [5.74, 6) is 0.545. The predicted octanol–water partition coefficient (Wildman–Crippen LogP) is 2.33. The van der Waals surface area contributed by atoms with Gasteiger partial charge in [-0.05, 0) is 17.7 Å². The molecule has 3 heteroatoms. The number of para-hydroxylation sites is 1. The molecule has 2 aromatic rings. The first-order valence-electron chi connectivity index (χ1n) is 5.88. The van der Waals surface area contributed by atoms with Gasteiger partial charge in [0.2, 0.25) is 0 Å².